The summed E-state index contributed by atoms with van der Waals surface area (Å²) < 4.78 is 11.1. The second-order valence-electron chi connectivity index (χ2n) is 7.64. The van der Waals surface area contributed by atoms with Crippen LogP contribution in [0.4, 0.5) is 4.79 Å². The third-order valence-electron chi connectivity index (χ3n) is 5.75. The van der Waals surface area contributed by atoms with Gasteiger partial charge in [0.25, 0.3) is 11.8 Å². The third kappa shape index (κ3) is 2.93. The van der Waals surface area contributed by atoms with Crippen LogP contribution in [0.3, 0.4) is 0 Å². The number of aliphatic hydroxyl groups excluding tert-OH is 1. The Hall–Kier alpha value is -3.85. The van der Waals surface area contributed by atoms with Crippen molar-refractivity contribution in [2.45, 2.75) is 18.7 Å². The number of methoxy groups -OCH3 is 1. The minimum atomic E-state index is -1.57. The van der Waals surface area contributed by atoms with Crippen molar-refractivity contribution < 1.29 is 28.6 Å². The summed E-state index contributed by atoms with van der Waals surface area (Å²) in [6.07, 6.45) is 0. The lowest BCUT2D eigenvalue weighted by atomic mass is 9.95. The molecule has 3 aromatic rings. The van der Waals surface area contributed by atoms with Crippen LogP contribution in [0.15, 0.2) is 46.9 Å². The maximum absolute atomic E-state index is 13.0. The molecule has 3 N–H and O–H groups in total. The Morgan fingerprint density at radius 1 is 1.16 bits per heavy atom. The van der Waals surface area contributed by atoms with Gasteiger partial charge in [0.1, 0.15) is 17.1 Å². The lowest BCUT2D eigenvalue weighted by molar-refractivity contribution is -0.125. The van der Waals surface area contributed by atoms with Gasteiger partial charge in [0.2, 0.25) is 0 Å². The molecule has 5 rings (SSSR count). The number of imide groups is 1. The standard InChI is InChI=1S/C22H19N3O6/c1-30-15-4-3-13-9-25(19(27)16(13)8-15)11-22(20(28)23-21(29)24-22)18-7-14-6-12(10-26)2-5-17(14)31-18/h2-8,26H,9-11H2,1H3,(H2,23,24,28,29). The van der Waals surface area contributed by atoms with Crippen LogP contribution in [-0.4, -0.2) is 41.5 Å². The number of hydrogen-bond acceptors (Lipinski definition) is 6. The number of nitrogens with one attached hydrogen (secondary N) is 2. The van der Waals surface area contributed by atoms with Gasteiger partial charge in [-0.1, -0.05) is 12.1 Å². The van der Waals surface area contributed by atoms with Gasteiger partial charge in [0.15, 0.2) is 5.54 Å². The number of ether oxygens (including phenoxy) is 1. The summed E-state index contributed by atoms with van der Waals surface area (Å²) in [4.78, 5) is 39.5. The molecular formula is C22H19N3O6. The first-order chi connectivity index (χ1) is 14.9. The first-order valence-electron chi connectivity index (χ1n) is 9.67. The van der Waals surface area contributed by atoms with Gasteiger partial charge < -0.3 is 24.5 Å². The molecule has 0 saturated carbocycles. The number of carbonyl (C=O) groups excluding carboxylic acids is 3. The molecule has 2 aromatic carbocycles. The topological polar surface area (TPSA) is 121 Å². The van der Waals surface area contributed by atoms with E-state index in [4.69, 9.17) is 9.15 Å². The molecule has 4 amide bonds. The summed E-state index contributed by atoms with van der Waals surface area (Å²) in [6, 6.07) is 11.4. The number of hydrogen-bond donors (Lipinski definition) is 3. The van der Waals surface area contributed by atoms with Crippen LogP contribution in [0, 0.1) is 0 Å². The molecule has 1 unspecified atom stereocenters. The monoisotopic (exact) mass is 421 g/mol. The number of fused-ring (bicyclic) bond motifs is 2. The zero-order valence-corrected chi connectivity index (χ0v) is 16.6. The van der Waals surface area contributed by atoms with Crippen molar-refractivity contribution in [3.63, 3.8) is 0 Å². The molecule has 2 aliphatic rings. The fourth-order valence-corrected chi connectivity index (χ4v) is 4.14. The molecule has 9 nitrogen and oxygen atoms in total. The zero-order valence-electron chi connectivity index (χ0n) is 16.6. The van der Waals surface area contributed by atoms with E-state index in [1.54, 1.807) is 36.4 Å². The second kappa shape index (κ2) is 6.85. The Morgan fingerprint density at radius 2 is 2.00 bits per heavy atom. The van der Waals surface area contributed by atoms with Crippen molar-refractivity contribution in [2.75, 3.05) is 13.7 Å². The smallest absolute Gasteiger partial charge is 0.322 e. The summed E-state index contributed by atoms with van der Waals surface area (Å²) in [7, 11) is 1.52. The minimum Gasteiger partial charge on any atom is -0.497 e. The number of benzene rings is 2. The highest BCUT2D eigenvalue weighted by Gasteiger charge is 2.53. The van der Waals surface area contributed by atoms with Crippen LogP contribution in [0.25, 0.3) is 11.0 Å². The molecule has 0 radical (unpaired) electrons. The highest BCUT2D eigenvalue weighted by atomic mass is 16.5. The van der Waals surface area contributed by atoms with E-state index in [9.17, 15) is 19.5 Å². The quantitative estimate of drug-likeness (QED) is 0.539. The highest BCUT2D eigenvalue weighted by Crippen LogP contribution is 2.35. The van der Waals surface area contributed by atoms with Gasteiger partial charge in [-0.15, -0.1) is 0 Å². The molecule has 1 fully saturated rings. The molecule has 3 heterocycles. The number of nitrogens with zero attached hydrogens (tertiary/aromatic N) is 1. The molecule has 0 aliphatic carbocycles. The molecule has 1 saturated heterocycles. The van der Waals surface area contributed by atoms with Gasteiger partial charge in [-0.2, -0.15) is 0 Å². The highest BCUT2D eigenvalue weighted by molar-refractivity contribution is 6.08. The van der Waals surface area contributed by atoms with Crippen molar-refractivity contribution in [3.8, 4) is 5.75 Å². The fraction of sp³-hybridized carbons (Fsp3) is 0.227. The summed E-state index contributed by atoms with van der Waals surface area (Å²) in [5.41, 5.74) is 0.922. The predicted octanol–water partition coefficient (Wildman–Crippen LogP) is 1.62. The molecule has 0 bridgehead atoms. The Balaban J connectivity index is 1.54. The molecule has 31 heavy (non-hydrogen) atoms. The van der Waals surface area contributed by atoms with Crippen molar-refractivity contribution >= 4 is 28.8 Å². The van der Waals surface area contributed by atoms with Crippen LogP contribution in [-0.2, 0) is 23.5 Å². The maximum Gasteiger partial charge on any atom is 0.322 e. The van der Waals surface area contributed by atoms with E-state index < -0.39 is 17.5 Å². The van der Waals surface area contributed by atoms with Crippen molar-refractivity contribution in [3.05, 3.63) is 64.9 Å². The van der Waals surface area contributed by atoms with Crippen LogP contribution < -0.4 is 15.4 Å². The molecule has 9 heteroatoms. The van der Waals surface area contributed by atoms with Gasteiger partial charge in [-0.25, -0.2) is 4.79 Å². The fourth-order valence-electron chi connectivity index (χ4n) is 4.14. The molecule has 158 valence electrons. The lowest BCUT2D eigenvalue weighted by Gasteiger charge is -2.29. The van der Waals surface area contributed by atoms with E-state index in [0.29, 0.717) is 27.8 Å². The van der Waals surface area contributed by atoms with E-state index in [1.165, 1.54) is 12.0 Å². The maximum atomic E-state index is 13.0. The van der Waals surface area contributed by atoms with E-state index in [1.807, 2.05) is 6.07 Å². The Bertz CT molecular complexity index is 1250. The molecule has 1 aromatic heterocycles. The Labute approximate surface area is 176 Å². The van der Waals surface area contributed by atoms with E-state index in [-0.39, 0.29) is 31.4 Å². The summed E-state index contributed by atoms with van der Waals surface area (Å²) in [6.45, 7) is 0.0495. The van der Waals surface area contributed by atoms with Gasteiger partial charge in [0, 0.05) is 17.5 Å². The van der Waals surface area contributed by atoms with Crippen LogP contribution in [0.2, 0.25) is 0 Å². The Morgan fingerprint density at radius 3 is 2.71 bits per heavy atom. The molecule has 1 atom stereocenters. The number of carbonyl (C=O) groups is 3. The summed E-state index contributed by atoms with van der Waals surface area (Å²) >= 11 is 0. The van der Waals surface area contributed by atoms with E-state index in [0.717, 1.165) is 5.56 Å². The summed E-state index contributed by atoms with van der Waals surface area (Å²) in [5.74, 6) is -0.0870. The van der Waals surface area contributed by atoms with Crippen LogP contribution in [0.5, 0.6) is 5.75 Å². The van der Waals surface area contributed by atoms with E-state index in [2.05, 4.69) is 10.6 Å². The van der Waals surface area contributed by atoms with Crippen molar-refractivity contribution in [1.82, 2.24) is 15.5 Å². The number of urea groups is 1. The van der Waals surface area contributed by atoms with Crippen LogP contribution >= 0.6 is 0 Å². The van der Waals surface area contributed by atoms with Crippen LogP contribution in [0.1, 0.15) is 27.2 Å². The van der Waals surface area contributed by atoms with Gasteiger partial charge in [-0.3, -0.25) is 14.9 Å². The minimum absolute atomic E-state index is 0.104. The average molecular weight is 421 g/mol. The SMILES string of the molecule is COc1ccc2c(c1)C(=O)N(CC1(c3cc4cc(CO)ccc4o3)NC(=O)NC1=O)C2. The second-order valence-corrected chi connectivity index (χ2v) is 7.64. The summed E-state index contributed by atoms with van der Waals surface area (Å²) in [5, 5.41) is 15.0. The Kier molecular flexibility index (Phi) is 4.23. The largest absolute Gasteiger partial charge is 0.497 e. The first-order valence-corrected chi connectivity index (χ1v) is 9.67. The van der Waals surface area contributed by atoms with E-state index >= 15 is 0 Å². The average Bonchev–Trinajstić information content (AvgIpc) is 3.41. The first kappa shape index (κ1) is 19.1. The normalized spacial score (nSPS) is 20.2. The number of aliphatic hydroxyl groups is 1. The van der Waals surface area contributed by atoms with Crippen molar-refractivity contribution in [1.29, 1.82) is 0 Å². The number of rotatable bonds is 5. The van der Waals surface area contributed by atoms with Crippen molar-refractivity contribution in [2.24, 2.45) is 0 Å². The lowest BCUT2D eigenvalue weighted by Crippen LogP contribution is -2.52. The molecule has 2 aliphatic heterocycles. The molecular weight excluding hydrogens is 402 g/mol. The predicted molar refractivity (Wildman–Crippen MR) is 108 cm³/mol. The third-order valence-corrected chi connectivity index (χ3v) is 5.75. The number of amides is 4. The molecule has 0 spiro atoms. The van der Waals surface area contributed by atoms with Gasteiger partial charge in [-0.05, 0) is 41.5 Å². The zero-order chi connectivity index (χ0) is 21.8. The number of furan rings is 1. The van der Waals surface area contributed by atoms with Gasteiger partial charge >= 0.3 is 6.03 Å². The van der Waals surface area contributed by atoms with Gasteiger partial charge in [0.05, 0.1) is 20.3 Å².